The molecule has 13 heavy (non-hydrogen) atoms. The monoisotopic (exact) mass is 256 g/mol. The Balaban J connectivity index is 2.30. The van der Waals surface area contributed by atoms with Crippen LogP contribution in [-0.4, -0.2) is 10.9 Å². The lowest BCUT2D eigenvalue weighted by atomic mass is 10.3. The van der Waals surface area contributed by atoms with Crippen molar-refractivity contribution in [2.24, 2.45) is 0 Å². The topological polar surface area (TPSA) is 16.1 Å². The lowest BCUT2D eigenvalue weighted by Gasteiger charge is -2.16. The Bertz CT molecular complexity index is 351. The molecule has 4 heteroatoms. The maximum Gasteiger partial charge on any atom is 0.134 e. The standard InChI is InChI=1S/C9H9BrN2S/c1-7-3-2-4-9(11-7)12-6-13-5-8(12)10/h2-5H,6H2,1H3. The highest BCUT2D eigenvalue weighted by atomic mass is 79.9. The number of halogens is 1. The number of rotatable bonds is 1. The maximum absolute atomic E-state index is 4.45. The van der Waals surface area contributed by atoms with Gasteiger partial charge in [-0.15, -0.1) is 11.8 Å². The smallest absolute Gasteiger partial charge is 0.134 e. The number of nitrogens with zero attached hydrogens (tertiary/aromatic N) is 2. The van der Waals surface area contributed by atoms with E-state index in [0.29, 0.717) is 0 Å². The molecule has 0 fully saturated rings. The molecule has 0 amide bonds. The van der Waals surface area contributed by atoms with Crippen molar-refractivity contribution in [1.82, 2.24) is 4.98 Å². The van der Waals surface area contributed by atoms with E-state index in [9.17, 15) is 0 Å². The molecule has 0 radical (unpaired) electrons. The molecule has 0 atom stereocenters. The maximum atomic E-state index is 4.45. The summed E-state index contributed by atoms with van der Waals surface area (Å²) in [6.07, 6.45) is 0. The quantitative estimate of drug-likeness (QED) is 0.719. The van der Waals surface area contributed by atoms with Gasteiger partial charge in [0.25, 0.3) is 0 Å². The van der Waals surface area contributed by atoms with Crippen LogP contribution in [0.4, 0.5) is 5.82 Å². The molecule has 0 saturated heterocycles. The molecule has 1 aromatic heterocycles. The largest absolute Gasteiger partial charge is 0.310 e. The molecule has 0 saturated carbocycles. The summed E-state index contributed by atoms with van der Waals surface area (Å²) >= 11 is 5.26. The van der Waals surface area contributed by atoms with Gasteiger partial charge < -0.3 is 4.90 Å². The van der Waals surface area contributed by atoms with Crippen molar-refractivity contribution in [3.05, 3.63) is 33.9 Å². The van der Waals surface area contributed by atoms with E-state index in [1.54, 1.807) is 11.8 Å². The minimum atomic E-state index is 0.942. The van der Waals surface area contributed by atoms with Crippen molar-refractivity contribution in [3.63, 3.8) is 0 Å². The molecule has 0 N–H and O–H groups in total. The summed E-state index contributed by atoms with van der Waals surface area (Å²) in [6.45, 7) is 2.00. The first-order chi connectivity index (χ1) is 6.27. The third-order valence-electron chi connectivity index (χ3n) is 1.79. The van der Waals surface area contributed by atoms with Gasteiger partial charge in [0.15, 0.2) is 0 Å². The van der Waals surface area contributed by atoms with E-state index in [1.807, 2.05) is 25.1 Å². The van der Waals surface area contributed by atoms with E-state index < -0.39 is 0 Å². The van der Waals surface area contributed by atoms with Crippen LogP contribution < -0.4 is 4.90 Å². The van der Waals surface area contributed by atoms with Gasteiger partial charge in [0.2, 0.25) is 0 Å². The zero-order valence-corrected chi connectivity index (χ0v) is 9.60. The highest BCUT2D eigenvalue weighted by molar-refractivity contribution is 9.12. The summed E-state index contributed by atoms with van der Waals surface area (Å²) in [5, 5.41) is 2.09. The zero-order valence-electron chi connectivity index (χ0n) is 7.20. The summed E-state index contributed by atoms with van der Waals surface area (Å²) in [5.41, 5.74) is 1.05. The van der Waals surface area contributed by atoms with Gasteiger partial charge in [-0.1, -0.05) is 6.07 Å². The first-order valence-electron chi connectivity index (χ1n) is 3.96. The molecule has 2 nitrogen and oxygen atoms in total. The van der Waals surface area contributed by atoms with E-state index >= 15 is 0 Å². The molecule has 0 spiro atoms. The second-order valence-corrected chi connectivity index (χ2v) is 4.44. The first-order valence-corrected chi connectivity index (χ1v) is 5.80. The van der Waals surface area contributed by atoms with Crippen LogP contribution in [0.2, 0.25) is 0 Å². The van der Waals surface area contributed by atoms with Crippen molar-refractivity contribution in [3.8, 4) is 0 Å². The van der Waals surface area contributed by atoms with Gasteiger partial charge in [-0.2, -0.15) is 0 Å². The predicted octanol–water partition coefficient (Wildman–Crippen LogP) is 3.09. The minimum absolute atomic E-state index is 0.942. The number of aromatic nitrogens is 1. The molecule has 2 rings (SSSR count). The van der Waals surface area contributed by atoms with Gasteiger partial charge in [0, 0.05) is 11.1 Å². The van der Waals surface area contributed by atoms with Gasteiger partial charge in [-0.25, -0.2) is 4.98 Å². The average Bonchev–Trinajstić information content (AvgIpc) is 2.51. The van der Waals surface area contributed by atoms with Crippen LogP contribution in [0.25, 0.3) is 0 Å². The predicted molar refractivity (Wildman–Crippen MR) is 60.9 cm³/mol. The second-order valence-electron chi connectivity index (χ2n) is 2.80. The third kappa shape index (κ3) is 1.89. The van der Waals surface area contributed by atoms with Crippen LogP contribution in [0.5, 0.6) is 0 Å². The summed E-state index contributed by atoms with van der Waals surface area (Å²) in [6, 6.07) is 6.05. The molecule has 68 valence electrons. The highest BCUT2D eigenvalue weighted by Gasteiger charge is 2.15. The minimum Gasteiger partial charge on any atom is -0.310 e. The number of thioether (sulfide) groups is 1. The van der Waals surface area contributed by atoms with Gasteiger partial charge >= 0.3 is 0 Å². The summed E-state index contributed by atoms with van der Waals surface area (Å²) < 4.78 is 1.09. The molecule has 1 aromatic rings. The van der Waals surface area contributed by atoms with E-state index in [-0.39, 0.29) is 0 Å². The van der Waals surface area contributed by atoms with E-state index in [2.05, 4.69) is 31.2 Å². The van der Waals surface area contributed by atoms with Crippen LogP contribution in [-0.2, 0) is 0 Å². The third-order valence-corrected chi connectivity index (χ3v) is 3.55. The molecule has 2 heterocycles. The van der Waals surface area contributed by atoms with Gasteiger partial charge in [0.1, 0.15) is 5.82 Å². The van der Waals surface area contributed by atoms with Crippen LogP contribution in [0.3, 0.4) is 0 Å². The molecule has 1 aliphatic rings. The Kier molecular flexibility index (Phi) is 2.60. The number of hydrogen-bond donors (Lipinski definition) is 0. The Morgan fingerprint density at radius 1 is 1.54 bits per heavy atom. The molecule has 0 unspecified atom stereocenters. The van der Waals surface area contributed by atoms with Crippen LogP contribution in [0.15, 0.2) is 28.2 Å². The van der Waals surface area contributed by atoms with Crippen molar-refractivity contribution in [2.45, 2.75) is 6.92 Å². The Hall–Kier alpha value is -0.480. The molecule has 1 aliphatic heterocycles. The Labute approximate surface area is 90.2 Å². The van der Waals surface area contributed by atoms with Crippen molar-refractivity contribution >= 4 is 33.5 Å². The lowest BCUT2D eigenvalue weighted by molar-refractivity contribution is 1.07. The fourth-order valence-electron chi connectivity index (χ4n) is 1.16. The fraction of sp³-hybridized carbons (Fsp3) is 0.222. The average molecular weight is 257 g/mol. The summed E-state index contributed by atoms with van der Waals surface area (Å²) in [7, 11) is 0. The van der Waals surface area contributed by atoms with E-state index in [4.69, 9.17) is 0 Å². The summed E-state index contributed by atoms with van der Waals surface area (Å²) in [4.78, 5) is 6.58. The first kappa shape index (κ1) is 9.09. The van der Waals surface area contributed by atoms with Gasteiger partial charge in [-0.3, -0.25) is 0 Å². The Morgan fingerprint density at radius 3 is 3.00 bits per heavy atom. The number of anilines is 1. The van der Waals surface area contributed by atoms with Crippen molar-refractivity contribution in [2.75, 3.05) is 10.8 Å². The SMILES string of the molecule is Cc1cccc(N2CSC=C2Br)n1. The van der Waals surface area contributed by atoms with E-state index in [0.717, 1.165) is 22.0 Å². The number of aryl methyl sites for hydroxylation is 1. The molecule has 0 aliphatic carbocycles. The van der Waals surface area contributed by atoms with E-state index in [1.165, 1.54) is 0 Å². The molecule has 0 aromatic carbocycles. The van der Waals surface area contributed by atoms with Crippen LogP contribution in [0.1, 0.15) is 5.69 Å². The van der Waals surface area contributed by atoms with Crippen LogP contribution in [0, 0.1) is 6.92 Å². The van der Waals surface area contributed by atoms with Crippen molar-refractivity contribution < 1.29 is 0 Å². The van der Waals surface area contributed by atoms with Gasteiger partial charge in [-0.05, 0) is 35.0 Å². The number of pyridine rings is 1. The molecular formula is C9H9BrN2S. The second kappa shape index (κ2) is 3.72. The van der Waals surface area contributed by atoms with Crippen molar-refractivity contribution in [1.29, 1.82) is 0 Å². The summed E-state index contributed by atoms with van der Waals surface area (Å²) in [5.74, 6) is 1.95. The van der Waals surface area contributed by atoms with Crippen LogP contribution >= 0.6 is 27.7 Å². The Morgan fingerprint density at radius 2 is 2.38 bits per heavy atom. The normalized spacial score (nSPS) is 16.2. The zero-order chi connectivity index (χ0) is 9.26. The molecule has 0 bridgehead atoms. The number of hydrogen-bond acceptors (Lipinski definition) is 3. The highest BCUT2D eigenvalue weighted by Crippen LogP contribution is 2.31. The fourth-order valence-corrected chi connectivity index (χ4v) is 2.79. The molecular weight excluding hydrogens is 248 g/mol. The van der Waals surface area contributed by atoms with Gasteiger partial charge in [0.05, 0.1) is 10.5 Å². The lowest BCUT2D eigenvalue weighted by Crippen LogP contribution is -2.15.